The summed E-state index contributed by atoms with van der Waals surface area (Å²) in [5, 5.41) is 6.22. The van der Waals surface area contributed by atoms with Gasteiger partial charge in [0.05, 0.1) is 18.5 Å². The van der Waals surface area contributed by atoms with Crippen molar-refractivity contribution in [2.24, 2.45) is 0 Å². The summed E-state index contributed by atoms with van der Waals surface area (Å²) in [6, 6.07) is 24.8. The topological polar surface area (TPSA) is 76.1 Å². The van der Waals surface area contributed by atoms with E-state index in [4.69, 9.17) is 4.74 Å². The molecule has 0 fully saturated rings. The lowest BCUT2D eigenvalue weighted by Crippen LogP contribution is -2.13. The molecule has 0 atom stereocenters. The van der Waals surface area contributed by atoms with Crippen molar-refractivity contribution in [3.63, 3.8) is 0 Å². The highest BCUT2D eigenvalue weighted by atomic mass is 16.5. The molecule has 0 spiro atoms. The van der Waals surface area contributed by atoms with Crippen molar-refractivity contribution in [1.29, 1.82) is 0 Å². The number of amides is 1. The fourth-order valence-corrected chi connectivity index (χ4v) is 3.39. The number of carbonyl (C=O) groups excluding carboxylic acids is 1. The van der Waals surface area contributed by atoms with Gasteiger partial charge in [0.2, 0.25) is 0 Å². The highest BCUT2D eigenvalue weighted by Crippen LogP contribution is 2.27. The van der Waals surface area contributed by atoms with Crippen LogP contribution in [0.1, 0.15) is 21.7 Å². The molecule has 1 aromatic heterocycles. The zero-order chi connectivity index (χ0) is 22.5. The Morgan fingerprint density at radius 1 is 0.875 bits per heavy atom. The second-order valence-electron chi connectivity index (χ2n) is 7.42. The molecule has 0 aliphatic carbocycles. The van der Waals surface area contributed by atoms with Crippen molar-refractivity contribution in [2.75, 3.05) is 17.7 Å². The lowest BCUT2D eigenvalue weighted by molar-refractivity contribution is 0.102. The molecule has 0 saturated heterocycles. The maximum atomic E-state index is 12.9. The molecule has 0 aliphatic rings. The number of carbonyl (C=O) groups is 1. The SMILES string of the molecule is COc1ccc(C)cc1NC(=O)c1cccc(Nc2cc(-c3ccccc3)nc(C)n2)c1. The van der Waals surface area contributed by atoms with Gasteiger partial charge in [-0.25, -0.2) is 9.97 Å². The fraction of sp³-hybridized carbons (Fsp3) is 0.115. The predicted octanol–water partition coefficient (Wildman–Crippen LogP) is 5.76. The predicted molar refractivity (Wildman–Crippen MR) is 128 cm³/mol. The molecule has 0 aliphatic heterocycles. The van der Waals surface area contributed by atoms with Crippen LogP contribution >= 0.6 is 0 Å². The molecular weight excluding hydrogens is 400 g/mol. The number of rotatable bonds is 6. The minimum atomic E-state index is -0.221. The van der Waals surface area contributed by atoms with Crippen molar-refractivity contribution < 1.29 is 9.53 Å². The summed E-state index contributed by atoms with van der Waals surface area (Å²) in [5.74, 6) is 1.72. The quantitative estimate of drug-likeness (QED) is 0.411. The number of benzene rings is 3. The molecule has 3 aromatic carbocycles. The van der Waals surface area contributed by atoms with Gasteiger partial charge in [-0.05, 0) is 49.7 Å². The van der Waals surface area contributed by atoms with E-state index in [2.05, 4.69) is 20.6 Å². The van der Waals surface area contributed by atoms with Gasteiger partial charge in [-0.3, -0.25) is 4.79 Å². The van der Waals surface area contributed by atoms with E-state index in [1.54, 1.807) is 19.2 Å². The molecule has 0 radical (unpaired) electrons. The van der Waals surface area contributed by atoms with E-state index < -0.39 is 0 Å². The van der Waals surface area contributed by atoms with Gasteiger partial charge in [0, 0.05) is 22.9 Å². The molecule has 4 aromatic rings. The van der Waals surface area contributed by atoms with Crippen LogP contribution < -0.4 is 15.4 Å². The van der Waals surface area contributed by atoms with Gasteiger partial charge < -0.3 is 15.4 Å². The average Bonchev–Trinajstić information content (AvgIpc) is 2.79. The summed E-state index contributed by atoms with van der Waals surface area (Å²) in [6.45, 7) is 3.82. The van der Waals surface area contributed by atoms with Gasteiger partial charge >= 0.3 is 0 Å². The van der Waals surface area contributed by atoms with Crippen molar-refractivity contribution >= 4 is 23.1 Å². The van der Waals surface area contributed by atoms with Crippen molar-refractivity contribution in [3.8, 4) is 17.0 Å². The van der Waals surface area contributed by atoms with Crippen LogP contribution in [0.4, 0.5) is 17.2 Å². The first kappa shape index (κ1) is 21.1. The number of hydrogen-bond acceptors (Lipinski definition) is 5. The highest BCUT2D eigenvalue weighted by Gasteiger charge is 2.11. The third kappa shape index (κ3) is 4.92. The Kier molecular flexibility index (Phi) is 6.12. The molecule has 160 valence electrons. The van der Waals surface area contributed by atoms with Gasteiger partial charge in [0.1, 0.15) is 17.4 Å². The average molecular weight is 425 g/mol. The number of aromatic nitrogens is 2. The smallest absolute Gasteiger partial charge is 0.255 e. The Morgan fingerprint density at radius 3 is 2.47 bits per heavy atom. The largest absolute Gasteiger partial charge is 0.495 e. The Bertz CT molecular complexity index is 1260. The number of nitrogens with zero attached hydrogens (tertiary/aromatic N) is 2. The van der Waals surface area contributed by atoms with Crippen LogP contribution in [0.25, 0.3) is 11.3 Å². The number of aryl methyl sites for hydroxylation is 2. The van der Waals surface area contributed by atoms with Crippen LogP contribution in [0.5, 0.6) is 5.75 Å². The molecule has 0 unspecified atom stereocenters. The molecule has 0 saturated carbocycles. The zero-order valence-corrected chi connectivity index (χ0v) is 18.2. The summed E-state index contributed by atoms with van der Waals surface area (Å²) < 4.78 is 5.36. The van der Waals surface area contributed by atoms with Gasteiger partial charge in [-0.1, -0.05) is 42.5 Å². The minimum absolute atomic E-state index is 0.221. The first-order valence-corrected chi connectivity index (χ1v) is 10.3. The fourth-order valence-electron chi connectivity index (χ4n) is 3.39. The number of hydrogen-bond donors (Lipinski definition) is 2. The molecule has 1 heterocycles. The molecular formula is C26H24N4O2. The summed E-state index contributed by atoms with van der Waals surface area (Å²) in [6.07, 6.45) is 0. The van der Waals surface area contributed by atoms with Crippen LogP contribution in [-0.4, -0.2) is 23.0 Å². The van der Waals surface area contributed by atoms with E-state index in [1.807, 2.05) is 80.6 Å². The summed E-state index contributed by atoms with van der Waals surface area (Å²) in [4.78, 5) is 21.9. The molecule has 6 nitrogen and oxygen atoms in total. The van der Waals surface area contributed by atoms with Gasteiger partial charge in [-0.15, -0.1) is 0 Å². The third-order valence-corrected chi connectivity index (χ3v) is 4.91. The zero-order valence-electron chi connectivity index (χ0n) is 18.2. The Hall–Kier alpha value is -4.19. The number of anilines is 3. The molecule has 4 rings (SSSR count). The summed E-state index contributed by atoms with van der Waals surface area (Å²) in [7, 11) is 1.58. The van der Waals surface area contributed by atoms with Crippen LogP contribution in [0.2, 0.25) is 0 Å². The second kappa shape index (κ2) is 9.31. The lowest BCUT2D eigenvalue weighted by Gasteiger charge is -2.12. The first-order valence-electron chi connectivity index (χ1n) is 10.3. The Labute approximate surface area is 187 Å². The van der Waals surface area contributed by atoms with Crippen molar-refractivity contribution in [2.45, 2.75) is 13.8 Å². The standard InChI is InChI=1S/C26H24N4O2/c1-17-12-13-24(32-3)23(14-17)30-26(31)20-10-7-11-21(15-20)29-25-16-22(27-18(2)28-25)19-8-5-4-6-9-19/h4-16H,1-3H3,(H,30,31)(H,27,28,29). The minimum Gasteiger partial charge on any atom is -0.495 e. The molecule has 2 N–H and O–H groups in total. The maximum absolute atomic E-state index is 12.9. The molecule has 32 heavy (non-hydrogen) atoms. The molecule has 6 heteroatoms. The van der Waals surface area contributed by atoms with Crippen LogP contribution in [0, 0.1) is 13.8 Å². The summed E-state index contributed by atoms with van der Waals surface area (Å²) >= 11 is 0. The van der Waals surface area contributed by atoms with E-state index in [9.17, 15) is 4.79 Å². The van der Waals surface area contributed by atoms with Crippen LogP contribution in [-0.2, 0) is 0 Å². The second-order valence-corrected chi connectivity index (χ2v) is 7.42. The van der Waals surface area contributed by atoms with Gasteiger partial charge in [0.15, 0.2) is 0 Å². The van der Waals surface area contributed by atoms with E-state index >= 15 is 0 Å². The Morgan fingerprint density at radius 2 is 1.69 bits per heavy atom. The first-order chi connectivity index (χ1) is 15.5. The monoisotopic (exact) mass is 424 g/mol. The number of methoxy groups -OCH3 is 1. The highest BCUT2D eigenvalue weighted by molar-refractivity contribution is 6.05. The number of ether oxygens (including phenoxy) is 1. The Balaban J connectivity index is 1.56. The third-order valence-electron chi connectivity index (χ3n) is 4.91. The van der Waals surface area contributed by atoms with E-state index in [-0.39, 0.29) is 5.91 Å². The normalized spacial score (nSPS) is 10.5. The molecule has 0 bridgehead atoms. The van der Waals surface area contributed by atoms with Crippen LogP contribution in [0.3, 0.4) is 0 Å². The molecule has 1 amide bonds. The van der Waals surface area contributed by atoms with E-state index in [0.29, 0.717) is 28.6 Å². The van der Waals surface area contributed by atoms with Crippen LogP contribution in [0.15, 0.2) is 78.9 Å². The van der Waals surface area contributed by atoms with Gasteiger partial charge in [-0.2, -0.15) is 0 Å². The van der Waals surface area contributed by atoms with Gasteiger partial charge in [0.25, 0.3) is 5.91 Å². The number of nitrogens with one attached hydrogen (secondary N) is 2. The maximum Gasteiger partial charge on any atom is 0.255 e. The summed E-state index contributed by atoms with van der Waals surface area (Å²) in [5.41, 5.74) is 4.79. The van der Waals surface area contributed by atoms with Crippen molar-refractivity contribution in [3.05, 3.63) is 95.8 Å². The van der Waals surface area contributed by atoms with E-state index in [1.165, 1.54) is 0 Å². The lowest BCUT2D eigenvalue weighted by atomic mass is 10.1. The van der Waals surface area contributed by atoms with Crippen molar-refractivity contribution in [1.82, 2.24) is 9.97 Å². The van der Waals surface area contributed by atoms with E-state index in [0.717, 1.165) is 22.5 Å².